The maximum atomic E-state index is 12.6. The summed E-state index contributed by atoms with van der Waals surface area (Å²) in [6.07, 6.45) is 8.13. The number of nitrogens with zero attached hydrogens (tertiary/aromatic N) is 1. The van der Waals surface area contributed by atoms with Gasteiger partial charge in [0, 0.05) is 28.0 Å². The van der Waals surface area contributed by atoms with Gasteiger partial charge in [-0.15, -0.1) is 0 Å². The molecule has 0 bridgehead atoms. The van der Waals surface area contributed by atoms with Crippen LogP contribution in [-0.4, -0.2) is 19.2 Å². The van der Waals surface area contributed by atoms with E-state index in [0.29, 0.717) is 5.57 Å². The van der Waals surface area contributed by atoms with Crippen LogP contribution in [0.15, 0.2) is 89.5 Å². The first-order valence-corrected chi connectivity index (χ1v) is 9.62. The second-order valence-electron chi connectivity index (χ2n) is 5.12. The molecule has 0 spiro atoms. The van der Waals surface area contributed by atoms with Gasteiger partial charge in [-0.3, -0.25) is 4.98 Å². The van der Waals surface area contributed by atoms with Gasteiger partial charge in [0.2, 0.25) is 0 Å². The Bertz CT molecular complexity index is 917. The van der Waals surface area contributed by atoms with E-state index >= 15 is 0 Å². The van der Waals surface area contributed by atoms with E-state index in [-0.39, 0.29) is 10.6 Å². The van der Waals surface area contributed by atoms with Crippen molar-refractivity contribution in [3.63, 3.8) is 0 Å². The van der Waals surface area contributed by atoms with Gasteiger partial charge in [0.25, 0.3) is 0 Å². The second-order valence-corrected chi connectivity index (χ2v) is 7.91. The van der Waals surface area contributed by atoms with E-state index in [1.165, 1.54) is 12.5 Å². The lowest BCUT2D eigenvalue weighted by atomic mass is 10.1. The molecule has 2 aromatic rings. The number of hydrogen-bond acceptors (Lipinski definition) is 4. The van der Waals surface area contributed by atoms with Crippen LogP contribution in [0.4, 0.5) is 0 Å². The van der Waals surface area contributed by atoms with Crippen molar-refractivity contribution >= 4 is 30.2 Å². The lowest BCUT2D eigenvalue weighted by Gasteiger charge is -2.15. The molecular weight excluding hydrogens is 390 g/mol. The third kappa shape index (κ3) is 3.66. The molecule has 0 N–H and O–H groups in total. The summed E-state index contributed by atoms with van der Waals surface area (Å²) < 4.78 is 31.2. The zero-order valence-electron chi connectivity index (χ0n) is 12.6. The Kier molecular flexibility index (Phi) is 4.97. The zero-order chi connectivity index (χ0) is 17.0. The van der Waals surface area contributed by atoms with Crippen LogP contribution in [0.1, 0.15) is 5.56 Å². The molecule has 1 aromatic carbocycles. The first-order valence-electron chi connectivity index (χ1n) is 7.17. The molecule has 6 heteroatoms. The minimum absolute atomic E-state index is 0.147. The van der Waals surface area contributed by atoms with Crippen molar-refractivity contribution in [2.24, 2.45) is 0 Å². The van der Waals surface area contributed by atoms with Gasteiger partial charge in [-0.2, -0.15) is 0 Å². The number of ether oxygens (including phenoxy) is 1. The summed E-state index contributed by atoms with van der Waals surface area (Å²) in [5.41, 5.74) is 2.20. The Morgan fingerprint density at radius 2 is 1.92 bits per heavy atom. The fourth-order valence-corrected chi connectivity index (χ4v) is 4.28. The maximum Gasteiger partial charge on any atom is 0.182 e. The lowest BCUT2D eigenvalue weighted by molar-refractivity contribution is 0.394. The first kappa shape index (κ1) is 16.7. The third-order valence-corrected chi connectivity index (χ3v) is 6.04. The summed E-state index contributed by atoms with van der Waals surface area (Å²) in [7, 11) is -3.46. The molecule has 4 nitrogen and oxygen atoms in total. The van der Waals surface area contributed by atoms with Crippen molar-refractivity contribution in [2.75, 3.05) is 5.75 Å². The molecule has 122 valence electrons. The second kappa shape index (κ2) is 7.15. The molecule has 0 saturated heterocycles. The highest BCUT2D eigenvalue weighted by Gasteiger charge is 2.21. The maximum absolute atomic E-state index is 12.6. The Morgan fingerprint density at radius 3 is 2.62 bits per heavy atom. The molecule has 0 aliphatic carbocycles. The van der Waals surface area contributed by atoms with Gasteiger partial charge in [0.05, 0.1) is 23.2 Å². The number of rotatable bonds is 4. The standard InChI is InChI=1S/C18H14BrNO3S/c19-18(14-5-4-9-20-11-14)17-8-10-23-12-15(17)13-24(21,22)16-6-2-1-3-7-16/h1-12H,13H2/b18-17+. The Balaban J connectivity index is 1.97. The van der Waals surface area contributed by atoms with Crippen LogP contribution in [0.5, 0.6) is 0 Å². The fourth-order valence-electron chi connectivity index (χ4n) is 2.29. The van der Waals surface area contributed by atoms with Gasteiger partial charge < -0.3 is 4.74 Å². The van der Waals surface area contributed by atoms with Crippen molar-refractivity contribution in [1.29, 1.82) is 0 Å². The number of benzene rings is 1. The molecule has 2 heterocycles. The van der Waals surface area contributed by atoms with Crippen LogP contribution in [0, 0.1) is 0 Å². The number of hydrogen-bond donors (Lipinski definition) is 0. The lowest BCUT2D eigenvalue weighted by Crippen LogP contribution is -2.12. The van der Waals surface area contributed by atoms with Crippen molar-refractivity contribution in [1.82, 2.24) is 4.98 Å². The molecule has 0 saturated carbocycles. The molecule has 0 fully saturated rings. The molecule has 0 amide bonds. The number of sulfone groups is 1. The number of aromatic nitrogens is 1. The van der Waals surface area contributed by atoms with Crippen LogP contribution in [0.25, 0.3) is 4.48 Å². The summed E-state index contributed by atoms with van der Waals surface area (Å²) in [4.78, 5) is 4.38. The van der Waals surface area contributed by atoms with E-state index < -0.39 is 9.84 Å². The predicted molar refractivity (Wildman–Crippen MR) is 96.9 cm³/mol. The average Bonchev–Trinajstić information content (AvgIpc) is 2.63. The van der Waals surface area contributed by atoms with Gasteiger partial charge in [-0.05, 0) is 45.8 Å². The summed E-state index contributed by atoms with van der Waals surface area (Å²) in [6, 6.07) is 12.1. The SMILES string of the molecule is O=S(=O)(CC1=COC=C/C1=C(\Br)c1cccnc1)c1ccccc1. The number of halogens is 1. The largest absolute Gasteiger partial charge is 0.472 e. The van der Waals surface area contributed by atoms with Gasteiger partial charge in [0.15, 0.2) is 9.84 Å². The van der Waals surface area contributed by atoms with Crippen LogP contribution >= 0.6 is 15.9 Å². The first-order chi connectivity index (χ1) is 11.6. The number of allylic oxidation sites excluding steroid dienone is 2. The van der Waals surface area contributed by atoms with Crippen molar-refractivity contribution < 1.29 is 13.2 Å². The zero-order valence-corrected chi connectivity index (χ0v) is 15.0. The van der Waals surface area contributed by atoms with Crippen molar-refractivity contribution in [2.45, 2.75) is 4.90 Å². The van der Waals surface area contributed by atoms with Crippen LogP contribution in [-0.2, 0) is 14.6 Å². The highest BCUT2D eigenvalue weighted by Crippen LogP contribution is 2.32. The highest BCUT2D eigenvalue weighted by molar-refractivity contribution is 9.15. The van der Waals surface area contributed by atoms with Crippen LogP contribution in [0.3, 0.4) is 0 Å². The average molecular weight is 404 g/mol. The highest BCUT2D eigenvalue weighted by atomic mass is 79.9. The smallest absolute Gasteiger partial charge is 0.182 e. The Labute approximate surface area is 149 Å². The van der Waals surface area contributed by atoms with Crippen LogP contribution in [0.2, 0.25) is 0 Å². The molecule has 24 heavy (non-hydrogen) atoms. The van der Waals surface area contributed by atoms with Crippen molar-refractivity contribution in [3.8, 4) is 0 Å². The minimum Gasteiger partial charge on any atom is -0.472 e. The number of pyridine rings is 1. The van der Waals surface area contributed by atoms with E-state index in [4.69, 9.17) is 4.74 Å². The third-order valence-electron chi connectivity index (χ3n) is 3.47. The van der Waals surface area contributed by atoms with Gasteiger partial charge in [0.1, 0.15) is 0 Å². The molecule has 0 atom stereocenters. The summed E-state index contributed by atoms with van der Waals surface area (Å²) in [5, 5.41) is 0. The summed E-state index contributed by atoms with van der Waals surface area (Å²) in [6.45, 7) is 0. The van der Waals surface area contributed by atoms with Gasteiger partial charge in [-0.25, -0.2) is 8.42 Å². The predicted octanol–water partition coefficient (Wildman–Crippen LogP) is 4.09. The minimum atomic E-state index is -3.46. The van der Waals surface area contributed by atoms with E-state index in [0.717, 1.165) is 15.6 Å². The molecular formula is C18H14BrNO3S. The van der Waals surface area contributed by atoms with Gasteiger partial charge in [-0.1, -0.05) is 24.3 Å². The fraction of sp³-hybridized carbons (Fsp3) is 0.0556. The van der Waals surface area contributed by atoms with E-state index in [9.17, 15) is 8.42 Å². The van der Waals surface area contributed by atoms with E-state index in [2.05, 4.69) is 20.9 Å². The summed E-state index contributed by atoms with van der Waals surface area (Å²) in [5.74, 6) is -0.147. The Morgan fingerprint density at radius 1 is 1.12 bits per heavy atom. The monoisotopic (exact) mass is 403 g/mol. The van der Waals surface area contributed by atoms with Crippen molar-refractivity contribution in [3.05, 3.63) is 90.2 Å². The molecule has 3 rings (SSSR count). The Hall–Kier alpha value is -2.18. The van der Waals surface area contributed by atoms with Crippen LogP contribution < -0.4 is 0 Å². The van der Waals surface area contributed by atoms with E-state index in [1.54, 1.807) is 48.8 Å². The molecule has 0 unspecified atom stereocenters. The topological polar surface area (TPSA) is 56.3 Å². The normalized spacial score (nSPS) is 16.3. The quantitative estimate of drug-likeness (QED) is 0.771. The molecule has 1 aliphatic rings. The summed E-state index contributed by atoms with van der Waals surface area (Å²) >= 11 is 3.55. The molecule has 1 aromatic heterocycles. The van der Waals surface area contributed by atoms with Gasteiger partial charge >= 0.3 is 0 Å². The molecule has 1 aliphatic heterocycles. The molecule has 0 radical (unpaired) electrons. The van der Waals surface area contributed by atoms with E-state index in [1.807, 2.05) is 12.1 Å².